The first kappa shape index (κ1) is 26.6. The molecule has 1 aromatic heterocycles. The summed E-state index contributed by atoms with van der Waals surface area (Å²) in [4.78, 5) is 65.9. The number of fused-ring (bicyclic) bond motifs is 5. The molecule has 6 atom stereocenters. The summed E-state index contributed by atoms with van der Waals surface area (Å²) in [5, 5.41) is 0. The van der Waals surface area contributed by atoms with E-state index in [0.717, 1.165) is 11.3 Å². The molecule has 2 aromatic carbocycles. The summed E-state index contributed by atoms with van der Waals surface area (Å²) in [6.07, 6.45) is 2.15. The number of para-hydroxylation sites is 1. The van der Waals surface area contributed by atoms with Gasteiger partial charge in [0.25, 0.3) is 0 Å². The highest BCUT2D eigenvalue weighted by atomic mass is 79.9. The van der Waals surface area contributed by atoms with Crippen LogP contribution in [0.3, 0.4) is 0 Å². The van der Waals surface area contributed by atoms with E-state index in [0.29, 0.717) is 0 Å². The van der Waals surface area contributed by atoms with Gasteiger partial charge in [0, 0.05) is 15.2 Å². The lowest BCUT2D eigenvalue weighted by Crippen LogP contribution is -2.37. The molecule has 3 fully saturated rings. The van der Waals surface area contributed by atoms with E-state index in [1.54, 1.807) is 18.2 Å². The fourth-order valence-electron chi connectivity index (χ4n) is 5.98. The summed E-state index contributed by atoms with van der Waals surface area (Å²) in [6.45, 7) is -0.563. The van der Waals surface area contributed by atoms with Crippen LogP contribution in [-0.2, 0) is 14.3 Å². The SMILES string of the molecule is O=C(COC(=O)c1ccccc1N1C(=O)C2C3CC(C(Br)C3Br)C2C1=O)c1ccc(OC(=O)c2ccco2)cc1. The summed E-state index contributed by atoms with van der Waals surface area (Å²) < 4.78 is 15.5. The molecular formula is C29H21Br2NO8. The fraction of sp³-hybridized carbons (Fsp3) is 0.276. The van der Waals surface area contributed by atoms with Gasteiger partial charge in [-0.05, 0) is 66.8 Å². The maximum atomic E-state index is 13.5. The molecule has 0 spiro atoms. The third-order valence-corrected chi connectivity index (χ3v) is 11.0. The molecule has 6 rings (SSSR count). The van der Waals surface area contributed by atoms with Gasteiger partial charge >= 0.3 is 11.9 Å². The molecule has 6 unspecified atom stereocenters. The highest BCUT2D eigenvalue weighted by molar-refractivity contribution is 9.12. The van der Waals surface area contributed by atoms with Gasteiger partial charge < -0.3 is 13.9 Å². The van der Waals surface area contributed by atoms with Crippen LogP contribution in [0, 0.1) is 23.7 Å². The van der Waals surface area contributed by atoms with Crippen molar-refractivity contribution in [3.8, 4) is 5.75 Å². The number of halogens is 2. The number of ketones is 1. The number of furan rings is 1. The van der Waals surface area contributed by atoms with Crippen molar-refractivity contribution < 1.29 is 37.9 Å². The lowest BCUT2D eigenvalue weighted by molar-refractivity contribution is -0.123. The number of rotatable bonds is 7. The van der Waals surface area contributed by atoms with Crippen molar-refractivity contribution in [1.82, 2.24) is 0 Å². The average Bonchev–Trinajstić information content (AvgIpc) is 3.73. The molecule has 2 aliphatic carbocycles. The lowest BCUT2D eigenvalue weighted by atomic mass is 9.81. The zero-order valence-corrected chi connectivity index (χ0v) is 23.9. The van der Waals surface area contributed by atoms with Crippen molar-refractivity contribution in [2.45, 2.75) is 16.1 Å². The number of ether oxygens (including phenoxy) is 2. The topological polar surface area (TPSA) is 120 Å². The molecule has 0 N–H and O–H groups in total. The molecule has 2 amide bonds. The zero-order valence-electron chi connectivity index (χ0n) is 20.7. The van der Waals surface area contributed by atoms with E-state index in [9.17, 15) is 24.0 Å². The summed E-state index contributed by atoms with van der Waals surface area (Å²) in [5.41, 5.74) is 0.416. The van der Waals surface area contributed by atoms with Crippen molar-refractivity contribution >= 4 is 67.1 Å². The second kappa shape index (κ2) is 10.4. The van der Waals surface area contributed by atoms with E-state index >= 15 is 0 Å². The molecular weight excluding hydrogens is 650 g/mol. The largest absolute Gasteiger partial charge is 0.457 e. The Morgan fingerprint density at radius 1 is 0.850 bits per heavy atom. The fourth-order valence-corrected chi connectivity index (χ4v) is 7.85. The molecule has 11 heteroatoms. The van der Waals surface area contributed by atoms with Crippen LogP contribution in [0.5, 0.6) is 5.75 Å². The van der Waals surface area contributed by atoms with Gasteiger partial charge in [-0.3, -0.25) is 14.4 Å². The number of hydrogen-bond acceptors (Lipinski definition) is 8. The van der Waals surface area contributed by atoms with Crippen LogP contribution >= 0.6 is 31.9 Å². The van der Waals surface area contributed by atoms with Gasteiger partial charge in [-0.25, -0.2) is 14.5 Å². The summed E-state index contributed by atoms with van der Waals surface area (Å²) in [7, 11) is 0. The molecule has 204 valence electrons. The van der Waals surface area contributed by atoms with E-state index in [4.69, 9.17) is 13.9 Å². The third-order valence-electron chi connectivity index (χ3n) is 7.80. The number of imide groups is 1. The maximum absolute atomic E-state index is 13.5. The molecule has 2 heterocycles. The van der Waals surface area contributed by atoms with Crippen LogP contribution in [0.15, 0.2) is 71.3 Å². The number of carbonyl (C=O) groups is 5. The molecule has 3 aliphatic rings. The predicted octanol–water partition coefficient (Wildman–Crippen LogP) is 4.82. The summed E-state index contributed by atoms with van der Waals surface area (Å²) >= 11 is 7.35. The summed E-state index contributed by atoms with van der Waals surface area (Å²) in [6, 6.07) is 15.0. The van der Waals surface area contributed by atoms with E-state index < -0.39 is 36.2 Å². The number of anilines is 1. The first-order valence-corrected chi connectivity index (χ1v) is 14.4. The summed E-state index contributed by atoms with van der Waals surface area (Å²) in [5.74, 6) is -3.14. The monoisotopic (exact) mass is 669 g/mol. The number of nitrogens with zero attached hydrogens (tertiary/aromatic N) is 1. The molecule has 0 radical (unpaired) electrons. The number of hydrogen-bond donors (Lipinski definition) is 0. The second-order valence-corrected chi connectivity index (χ2v) is 12.0. The highest BCUT2D eigenvalue weighted by Crippen LogP contribution is 2.60. The van der Waals surface area contributed by atoms with Gasteiger partial charge in [0.05, 0.1) is 29.3 Å². The van der Waals surface area contributed by atoms with Crippen LogP contribution in [0.2, 0.25) is 0 Å². The molecule has 1 saturated heterocycles. The van der Waals surface area contributed by atoms with Crippen molar-refractivity contribution in [1.29, 1.82) is 0 Å². The van der Waals surface area contributed by atoms with Gasteiger partial charge in [-0.2, -0.15) is 0 Å². The van der Waals surface area contributed by atoms with Gasteiger partial charge in [0.1, 0.15) is 5.75 Å². The van der Waals surface area contributed by atoms with Crippen LogP contribution in [-0.4, -0.2) is 45.8 Å². The number of alkyl halides is 2. The van der Waals surface area contributed by atoms with Crippen molar-refractivity contribution in [3.05, 3.63) is 83.8 Å². The maximum Gasteiger partial charge on any atom is 0.379 e. The van der Waals surface area contributed by atoms with Crippen LogP contribution in [0.25, 0.3) is 0 Å². The molecule has 2 saturated carbocycles. The minimum atomic E-state index is -0.828. The van der Waals surface area contributed by atoms with Crippen LogP contribution in [0.4, 0.5) is 5.69 Å². The number of carbonyl (C=O) groups excluding carboxylic acids is 5. The van der Waals surface area contributed by atoms with Crippen molar-refractivity contribution in [2.24, 2.45) is 23.7 Å². The number of benzene rings is 2. The van der Waals surface area contributed by atoms with Gasteiger partial charge in [-0.1, -0.05) is 44.0 Å². The third kappa shape index (κ3) is 4.41. The van der Waals surface area contributed by atoms with Gasteiger partial charge in [0.2, 0.25) is 17.6 Å². The second-order valence-electron chi connectivity index (χ2n) is 9.92. The lowest BCUT2D eigenvalue weighted by Gasteiger charge is -2.28. The smallest absolute Gasteiger partial charge is 0.379 e. The quantitative estimate of drug-likeness (QED) is 0.115. The Balaban J connectivity index is 1.12. The normalized spacial score (nSPS) is 26.6. The van der Waals surface area contributed by atoms with Gasteiger partial charge in [-0.15, -0.1) is 0 Å². The number of Topliss-reactive ketones (excluding diaryl/α,β-unsaturated/α-hetero) is 1. The Morgan fingerprint density at radius 2 is 1.50 bits per heavy atom. The first-order chi connectivity index (χ1) is 19.3. The molecule has 40 heavy (non-hydrogen) atoms. The Bertz CT molecular complexity index is 1490. The average molecular weight is 671 g/mol. The van der Waals surface area contributed by atoms with Crippen LogP contribution < -0.4 is 9.64 Å². The van der Waals surface area contributed by atoms with Crippen molar-refractivity contribution in [3.63, 3.8) is 0 Å². The van der Waals surface area contributed by atoms with Crippen molar-refractivity contribution in [2.75, 3.05) is 11.5 Å². The standard InChI is InChI=1S/C29H21Br2NO8/c30-24-17-12-18(25(24)31)23-22(17)26(34)32(27(23)35)19-5-2-1-4-16(19)28(36)39-13-20(33)14-7-9-15(10-8-14)40-29(37)21-6-3-11-38-21/h1-11,17-18,22-25H,12-13H2. The first-order valence-electron chi connectivity index (χ1n) is 12.6. The van der Waals surface area contributed by atoms with Gasteiger partial charge in [0.15, 0.2) is 12.4 Å². The molecule has 9 nitrogen and oxygen atoms in total. The minimum absolute atomic E-state index is 0.0234. The Kier molecular flexibility index (Phi) is 6.95. The zero-order chi connectivity index (χ0) is 28.1. The Hall–Kier alpha value is -3.57. The minimum Gasteiger partial charge on any atom is -0.457 e. The Labute approximate surface area is 245 Å². The predicted molar refractivity (Wildman–Crippen MR) is 148 cm³/mol. The Morgan fingerprint density at radius 3 is 2.12 bits per heavy atom. The van der Waals surface area contributed by atoms with E-state index in [1.807, 2.05) is 0 Å². The molecule has 2 bridgehead atoms. The highest BCUT2D eigenvalue weighted by Gasteiger charge is 2.66. The number of esters is 2. The molecule has 3 aromatic rings. The van der Waals surface area contributed by atoms with Crippen LogP contribution in [0.1, 0.15) is 37.7 Å². The van der Waals surface area contributed by atoms with E-state index in [-0.39, 0.29) is 61.6 Å². The molecule has 1 aliphatic heterocycles. The number of amides is 2. The van der Waals surface area contributed by atoms with E-state index in [1.165, 1.54) is 48.7 Å². The van der Waals surface area contributed by atoms with E-state index in [2.05, 4.69) is 31.9 Å².